The quantitative estimate of drug-likeness (QED) is 0.797. The predicted octanol–water partition coefficient (Wildman–Crippen LogP) is 3.16. The Hall–Kier alpha value is -1.68. The summed E-state index contributed by atoms with van der Waals surface area (Å²) in [6.45, 7) is 5.16. The van der Waals surface area contributed by atoms with E-state index < -0.39 is 0 Å². The van der Waals surface area contributed by atoms with Crippen molar-refractivity contribution < 1.29 is 14.3 Å². The van der Waals surface area contributed by atoms with Crippen molar-refractivity contribution in [2.45, 2.75) is 64.5 Å². The van der Waals surface area contributed by atoms with Crippen molar-refractivity contribution in [3.8, 4) is 0 Å². The summed E-state index contributed by atoms with van der Waals surface area (Å²) in [5.74, 6) is 0.134. The number of carbonyl (C=O) groups excluding carboxylic acids is 2. The number of Topliss-reactive ketones (excluding diaryl/α,β-unsaturated/α-hetero) is 1. The van der Waals surface area contributed by atoms with E-state index >= 15 is 0 Å². The van der Waals surface area contributed by atoms with E-state index in [1.807, 2.05) is 30.9 Å². The minimum atomic E-state index is 0.0592. The highest BCUT2D eigenvalue weighted by Gasteiger charge is 2.27. The van der Waals surface area contributed by atoms with E-state index in [4.69, 9.17) is 4.74 Å². The summed E-state index contributed by atoms with van der Waals surface area (Å²) >= 11 is 0. The molecule has 2 unspecified atom stereocenters. The van der Waals surface area contributed by atoms with Crippen LogP contribution in [-0.4, -0.2) is 41.9 Å². The van der Waals surface area contributed by atoms with Gasteiger partial charge < -0.3 is 9.64 Å². The summed E-state index contributed by atoms with van der Waals surface area (Å²) in [6.07, 6.45) is 5.28. The Morgan fingerprint density at radius 2 is 1.88 bits per heavy atom. The van der Waals surface area contributed by atoms with Crippen LogP contribution < -0.4 is 0 Å². The number of fused-ring (bicyclic) bond motifs is 1. The minimum Gasteiger partial charge on any atom is -0.375 e. The maximum Gasteiger partial charge on any atom is 0.223 e. The summed E-state index contributed by atoms with van der Waals surface area (Å²) in [6, 6.07) is 6.15. The smallest absolute Gasteiger partial charge is 0.223 e. The van der Waals surface area contributed by atoms with Gasteiger partial charge in [0.05, 0.1) is 18.8 Å². The van der Waals surface area contributed by atoms with Crippen molar-refractivity contribution in [1.29, 1.82) is 0 Å². The molecule has 0 saturated carbocycles. The predicted molar refractivity (Wildman–Crippen MR) is 93.2 cm³/mol. The van der Waals surface area contributed by atoms with Crippen molar-refractivity contribution in [3.63, 3.8) is 0 Å². The van der Waals surface area contributed by atoms with Gasteiger partial charge in [0.15, 0.2) is 5.78 Å². The molecule has 0 aromatic heterocycles. The fraction of sp³-hybridized carbons (Fsp3) is 0.600. The van der Waals surface area contributed by atoms with Gasteiger partial charge in [-0.25, -0.2) is 0 Å². The molecular weight excluding hydrogens is 302 g/mol. The average molecular weight is 329 g/mol. The van der Waals surface area contributed by atoms with Crippen LogP contribution in [0.1, 0.15) is 61.0 Å². The van der Waals surface area contributed by atoms with E-state index in [2.05, 4.69) is 6.07 Å². The van der Waals surface area contributed by atoms with Gasteiger partial charge in [0.2, 0.25) is 5.91 Å². The molecule has 130 valence electrons. The summed E-state index contributed by atoms with van der Waals surface area (Å²) in [4.78, 5) is 26.8. The Morgan fingerprint density at radius 1 is 1.12 bits per heavy atom. The Bertz CT molecular complexity index is 625. The highest BCUT2D eigenvalue weighted by atomic mass is 16.5. The van der Waals surface area contributed by atoms with Crippen molar-refractivity contribution in [1.82, 2.24) is 4.90 Å². The van der Waals surface area contributed by atoms with E-state index in [-0.39, 0.29) is 36.7 Å². The zero-order valence-corrected chi connectivity index (χ0v) is 14.7. The molecule has 0 bridgehead atoms. The molecule has 4 nitrogen and oxygen atoms in total. The first-order valence-electron chi connectivity index (χ1n) is 9.10. The molecule has 3 rings (SSSR count). The standard InChI is InChI=1S/C20H27NO3/c1-14-13-24-15(2)12-21(14)20(23)10-9-19(22)18-8-7-16-5-3-4-6-17(16)11-18/h7-8,11,14-15H,3-6,9-10,12-13H2,1-2H3. The minimum absolute atomic E-state index is 0.0592. The molecule has 1 aliphatic heterocycles. The zero-order valence-electron chi connectivity index (χ0n) is 14.7. The van der Waals surface area contributed by atoms with Gasteiger partial charge in [0.25, 0.3) is 0 Å². The maximum absolute atomic E-state index is 12.5. The summed E-state index contributed by atoms with van der Waals surface area (Å²) in [5.41, 5.74) is 3.45. The molecule has 4 heteroatoms. The van der Waals surface area contributed by atoms with Crippen LogP contribution in [0.3, 0.4) is 0 Å². The third kappa shape index (κ3) is 3.86. The fourth-order valence-electron chi connectivity index (χ4n) is 3.67. The normalized spacial score (nSPS) is 23.7. The molecule has 0 radical (unpaired) electrons. The van der Waals surface area contributed by atoms with Crippen LogP contribution in [0.15, 0.2) is 18.2 Å². The second-order valence-electron chi connectivity index (χ2n) is 7.15. The molecule has 1 aliphatic carbocycles. The van der Waals surface area contributed by atoms with E-state index in [9.17, 15) is 9.59 Å². The Kier molecular flexibility index (Phi) is 5.34. The van der Waals surface area contributed by atoms with Crippen molar-refractivity contribution in [3.05, 3.63) is 34.9 Å². The number of amides is 1. The van der Waals surface area contributed by atoms with Gasteiger partial charge in [-0.1, -0.05) is 12.1 Å². The zero-order chi connectivity index (χ0) is 17.1. The first-order valence-corrected chi connectivity index (χ1v) is 9.10. The lowest BCUT2D eigenvalue weighted by atomic mass is 9.89. The van der Waals surface area contributed by atoms with Crippen LogP contribution in [0.2, 0.25) is 0 Å². The van der Waals surface area contributed by atoms with Crippen molar-refractivity contribution >= 4 is 11.7 Å². The van der Waals surface area contributed by atoms with Gasteiger partial charge in [-0.3, -0.25) is 9.59 Å². The molecular formula is C20H27NO3. The Morgan fingerprint density at radius 3 is 2.67 bits per heavy atom. The number of hydrogen-bond acceptors (Lipinski definition) is 3. The molecule has 1 amide bonds. The van der Waals surface area contributed by atoms with Crippen LogP contribution in [-0.2, 0) is 22.4 Å². The van der Waals surface area contributed by atoms with Crippen LogP contribution in [0.5, 0.6) is 0 Å². The highest BCUT2D eigenvalue weighted by molar-refractivity contribution is 5.98. The average Bonchev–Trinajstić information content (AvgIpc) is 2.61. The maximum atomic E-state index is 12.5. The molecule has 2 atom stereocenters. The molecule has 1 aromatic rings. The van der Waals surface area contributed by atoms with E-state index in [0.717, 1.165) is 18.4 Å². The lowest BCUT2D eigenvalue weighted by Gasteiger charge is -2.36. The molecule has 1 aromatic carbocycles. The third-order valence-corrected chi connectivity index (χ3v) is 5.16. The van der Waals surface area contributed by atoms with Crippen molar-refractivity contribution in [2.75, 3.05) is 13.2 Å². The summed E-state index contributed by atoms with van der Waals surface area (Å²) < 4.78 is 5.56. The SMILES string of the molecule is CC1CN(C(=O)CCC(=O)c2ccc3c(c2)CCCC3)C(C)CO1. The first kappa shape index (κ1) is 17.2. The molecule has 1 saturated heterocycles. The number of carbonyl (C=O) groups is 2. The Labute approximate surface area is 144 Å². The van der Waals surface area contributed by atoms with Gasteiger partial charge in [-0.05, 0) is 56.7 Å². The van der Waals surface area contributed by atoms with Crippen LogP contribution in [0.25, 0.3) is 0 Å². The van der Waals surface area contributed by atoms with Crippen LogP contribution in [0, 0.1) is 0 Å². The molecule has 0 N–H and O–H groups in total. The van der Waals surface area contributed by atoms with Gasteiger partial charge in [0, 0.05) is 24.9 Å². The number of ketones is 1. The number of nitrogens with zero attached hydrogens (tertiary/aromatic N) is 1. The number of rotatable bonds is 4. The second kappa shape index (κ2) is 7.47. The molecule has 24 heavy (non-hydrogen) atoms. The monoisotopic (exact) mass is 329 g/mol. The van der Waals surface area contributed by atoms with E-state index in [0.29, 0.717) is 13.2 Å². The second-order valence-corrected chi connectivity index (χ2v) is 7.15. The highest BCUT2D eigenvalue weighted by Crippen LogP contribution is 2.23. The molecule has 2 aliphatic rings. The summed E-state index contributed by atoms with van der Waals surface area (Å²) in [7, 11) is 0. The first-order chi connectivity index (χ1) is 11.5. The third-order valence-electron chi connectivity index (χ3n) is 5.16. The Balaban J connectivity index is 1.58. The molecule has 1 fully saturated rings. The van der Waals surface area contributed by atoms with Crippen molar-refractivity contribution in [2.24, 2.45) is 0 Å². The number of aryl methyl sites for hydroxylation is 2. The summed E-state index contributed by atoms with van der Waals surface area (Å²) in [5, 5.41) is 0. The largest absolute Gasteiger partial charge is 0.375 e. The van der Waals surface area contributed by atoms with E-state index in [1.54, 1.807) is 0 Å². The lowest BCUT2D eigenvalue weighted by Crippen LogP contribution is -2.50. The van der Waals surface area contributed by atoms with Gasteiger partial charge >= 0.3 is 0 Å². The number of morpholine rings is 1. The van der Waals surface area contributed by atoms with Crippen LogP contribution >= 0.6 is 0 Å². The van der Waals surface area contributed by atoms with Crippen LogP contribution in [0.4, 0.5) is 0 Å². The number of hydrogen-bond donors (Lipinski definition) is 0. The van der Waals surface area contributed by atoms with E-state index in [1.165, 1.54) is 24.0 Å². The van der Waals surface area contributed by atoms with Gasteiger partial charge in [0.1, 0.15) is 0 Å². The number of ether oxygens (including phenoxy) is 1. The van der Waals surface area contributed by atoms with Gasteiger partial charge in [-0.2, -0.15) is 0 Å². The molecule has 1 heterocycles. The number of benzene rings is 1. The fourth-order valence-corrected chi connectivity index (χ4v) is 3.67. The molecule has 0 spiro atoms. The topological polar surface area (TPSA) is 46.6 Å². The lowest BCUT2D eigenvalue weighted by molar-refractivity contribution is -0.143. The van der Waals surface area contributed by atoms with Gasteiger partial charge in [-0.15, -0.1) is 0 Å².